The zero-order valence-corrected chi connectivity index (χ0v) is 12.0. The van der Waals surface area contributed by atoms with Crippen molar-refractivity contribution in [3.8, 4) is 0 Å². The van der Waals surface area contributed by atoms with Gasteiger partial charge in [-0.3, -0.25) is 9.78 Å². The maximum absolute atomic E-state index is 11.7. The van der Waals surface area contributed by atoms with Gasteiger partial charge in [0.1, 0.15) is 0 Å². The van der Waals surface area contributed by atoms with E-state index in [4.69, 9.17) is 0 Å². The fourth-order valence-corrected chi connectivity index (χ4v) is 3.24. The van der Waals surface area contributed by atoms with Crippen LogP contribution in [0.1, 0.15) is 23.6 Å². The van der Waals surface area contributed by atoms with Crippen LogP contribution in [0, 0.1) is 13.8 Å². The van der Waals surface area contributed by atoms with Crippen LogP contribution in [0.3, 0.4) is 0 Å². The van der Waals surface area contributed by atoms with Crippen LogP contribution in [0.2, 0.25) is 0 Å². The molecule has 5 heteroatoms. The standard InChI is InChI=1S/C14H16N2O2S/c1-4-11-12(17)15-14(18)16-13(11)19-10-6-8(2)5-9(3)7-10/h5-7H,4H2,1-3H3,(H2,15,16,17,18). The normalized spacial score (nSPS) is 10.7. The van der Waals surface area contributed by atoms with E-state index in [0.29, 0.717) is 17.0 Å². The second-order valence-corrected chi connectivity index (χ2v) is 5.58. The van der Waals surface area contributed by atoms with Gasteiger partial charge in [0.05, 0.1) is 5.03 Å². The van der Waals surface area contributed by atoms with Crippen molar-refractivity contribution >= 4 is 11.8 Å². The maximum Gasteiger partial charge on any atom is 0.326 e. The zero-order valence-electron chi connectivity index (χ0n) is 11.2. The van der Waals surface area contributed by atoms with Crippen molar-refractivity contribution in [1.29, 1.82) is 0 Å². The van der Waals surface area contributed by atoms with E-state index in [1.807, 2.05) is 32.9 Å². The van der Waals surface area contributed by atoms with Gasteiger partial charge in [0, 0.05) is 10.5 Å². The first-order valence-corrected chi connectivity index (χ1v) is 6.93. The highest BCUT2D eigenvalue weighted by Crippen LogP contribution is 2.28. The molecule has 2 rings (SSSR count). The molecule has 1 heterocycles. The van der Waals surface area contributed by atoms with Crippen molar-refractivity contribution in [2.75, 3.05) is 0 Å². The van der Waals surface area contributed by atoms with Gasteiger partial charge in [-0.15, -0.1) is 0 Å². The highest BCUT2D eigenvalue weighted by atomic mass is 32.2. The van der Waals surface area contributed by atoms with Gasteiger partial charge in [0.25, 0.3) is 5.56 Å². The lowest BCUT2D eigenvalue weighted by Crippen LogP contribution is -2.26. The molecule has 0 amide bonds. The van der Waals surface area contributed by atoms with Crippen molar-refractivity contribution in [3.63, 3.8) is 0 Å². The van der Waals surface area contributed by atoms with Crippen LogP contribution in [0.25, 0.3) is 0 Å². The zero-order chi connectivity index (χ0) is 14.0. The summed E-state index contributed by atoms with van der Waals surface area (Å²) in [5.74, 6) is 0. The molecule has 0 aliphatic heterocycles. The average molecular weight is 276 g/mol. The third kappa shape index (κ3) is 3.17. The summed E-state index contributed by atoms with van der Waals surface area (Å²) in [6.07, 6.45) is 0.583. The average Bonchev–Trinajstić information content (AvgIpc) is 2.26. The van der Waals surface area contributed by atoms with Gasteiger partial charge < -0.3 is 4.98 Å². The Kier molecular flexibility index (Phi) is 3.95. The number of aromatic amines is 2. The number of nitrogens with one attached hydrogen (secondary N) is 2. The molecule has 0 aliphatic carbocycles. The van der Waals surface area contributed by atoms with Crippen LogP contribution in [-0.4, -0.2) is 9.97 Å². The smallest absolute Gasteiger partial charge is 0.301 e. The fraction of sp³-hybridized carbons (Fsp3) is 0.286. The van der Waals surface area contributed by atoms with Crippen LogP contribution >= 0.6 is 11.8 Å². The molecular formula is C14H16N2O2S. The van der Waals surface area contributed by atoms with E-state index < -0.39 is 5.69 Å². The maximum atomic E-state index is 11.7. The molecule has 100 valence electrons. The molecule has 0 saturated heterocycles. The SMILES string of the molecule is CCc1c(Sc2cc(C)cc(C)c2)[nH]c(=O)[nH]c1=O. The van der Waals surface area contributed by atoms with Crippen LogP contribution in [0.4, 0.5) is 0 Å². The molecule has 0 spiro atoms. The fourth-order valence-electron chi connectivity index (χ4n) is 2.01. The van der Waals surface area contributed by atoms with E-state index in [0.717, 1.165) is 16.0 Å². The summed E-state index contributed by atoms with van der Waals surface area (Å²) in [7, 11) is 0. The Morgan fingerprint density at radius 1 is 1.05 bits per heavy atom. The molecule has 1 aromatic heterocycles. The summed E-state index contributed by atoms with van der Waals surface area (Å²) in [6.45, 7) is 5.95. The predicted octanol–water partition coefficient (Wildman–Crippen LogP) is 2.39. The number of hydrogen-bond acceptors (Lipinski definition) is 3. The first kappa shape index (κ1) is 13.7. The van der Waals surface area contributed by atoms with E-state index in [9.17, 15) is 9.59 Å². The van der Waals surface area contributed by atoms with E-state index in [1.54, 1.807) is 0 Å². The van der Waals surface area contributed by atoms with Gasteiger partial charge in [0.2, 0.25) is 0 Å². The molecule has 0 fully saturated rings. The number of hydrogen-bond donors (Lipinski definition) is 2. The molecule has 0 saturated carbocycles. The highest BCUT2D eigenvalue weighted by Gasteiger charge is 2.09. The first-order chi connectivity index (χ1) is 8.99. The molecule has 0 aliphatic rings. The number of H-pyrrole nitrogens is 2. The Hall–Kier alpha value is -1.75. The van der Waals surface area contributed by atoms with Gasteiger partial charge in [0.15, 0.2) is 0 Å². The number of rotatable bonds is 3. The first-order valence-electron chi connectivity index (χ1n) is 6.11. The second kappa shape index (κ2) is 5.48. The van der Waals surface area contributed by atoms with Crippen LogP contribution in [-0.2, 0) is 6.42 Å². The van der Waals surface area contributed by atoms with Crippen molar-refractivity contribution < 1.29 is 0 Å². The Bertz CT molecular complexity index is 696. The monoisotopic (exact) mass is 276 g/mol. The molecule has 19 heavy (non-hydrogen) atoms. The van der Waals surface area contributed by atoms with Gasteiger partial charge in [-0.25, -0.2) is 4.79 Å². The quantitative estimate of drug-likeness (QED) is 0.846. The molecule has 0 unspecified atom stereocenters. The van der Waals surface area contributed by atoms with E-state index in [2.05, 4.69) is 16.0 Å². The van der Waals surface area contributed by atoms with E-state index >= 15 is 0 Å². The largest absolute Gasteiger partial charge is 0.326 e. The van der Waals surface area contributed by atoms with Gasteiger partial charge in [-0.2, -0.15) is 0 Å². The van der Waals surface area contributed by atoms with E-state index in [1.165, 1.54) is 11.8 Å². The highest BCUT2D eigenvalue weighted by molar-refractivity contribution is 7.99. The number of benzene rings is 1. The molecule has 0 bridgehead atoms. The lowest BCUT2D eigenvalue weighted by molar-refractivity contribution is 0.875. The van der Waals surface area contributed by atoms with Crippen LogP contribution in [0.15, 0.2) is 37.7 Å². The van der Waals surface area contributed by atoms with Crippen LogP contribution in [0.5, 0.6) is 0 Å². The Morgan fingerprint density at radius 2 is 1.68 bits per heavy atom. The van der Waals surface area contributed by atoms with E-state index in [-0.39, 0.29) is 5.56 Å². The lowest BCUT2D eigenvalue weighted by atomic mass is 10.2. The van der Waals surface area contributed by atoms with Crippen molar-refractivity contribution in [2.45, 2.75) is 37.1 Å². The van der Waals surface area contributed by atoms with Crippen molar-refractivity contribution in [2.24, 2.45) is 0 Å². The number of aryl methyl sites for hydroxylation is 2. The molecule has 1 aromatic carbocycles. The lowest BCUT2D eigenvalue weighted by Gasteiger charge is -2.07. The van der Waals surface area contributed by atoms with Crippen molar-refractivity contribution in [1.82, 2.24) is 9.97 Å². The molecule has 4 nitrogen and oxygen atoms in total. The van der Waals surface area contributed by atoms with Crippen LogP contribution < -0.4 is 11.2 Å². The van der Waals surface area contributed by atoms with Gasteiger partial charge >= 0.3 is 5.69 Å². The summed E-state index contributed by atoms with van der Waals surface area (Å²) in [4.78, 5) is 29.1. The molecule has 0 atom stereocenters. The summed E-state index contributed by atoms with van der Waals surface area (Å²) < 4.78 is 0. The molecule has 2 N–H and O–H groups in total. The summed E-state index contributed by atoms with van der Waals surface area (Å²) in [6, 6.07) is 6.17. The van der Waals surface area contributed by atoms with Gasteiger partial charge in [-0.05, 0) is 43.5 Å². The van der Waals surface area contributed by atoms with Crippen molar-refractivity contribution in [3.05, 3.63) is 55.7 Å². The second-order valence-electron chi connectivity index (χ2n) is 4.49. The predicted molar refractivity (Wildman–Crippen MR) is 77.1 cm³/mol. The summed E-state index contributed by atoms with van der Waals surface area (Å²) >= 11 is 1.42. The Labute approximate surface area is 115 Å². The molecule has 2 aromatic rings. The summed E-state index contributed by atoms with van der Waals surface area (Å²) in [5, 5.41) is 0.626. The Balaban J connectivity index is 2.48. The third-order valence-electron chi connectivity index (χ3n) is 2.77. The minimum Gasteiger partial charge on any atom is -0.301 e. The minimum atomic E-state index is -0.464. The summed E-state index contributed by atoms with van der Waals surface area (Å²) in [5.41, 5.74) is 2.16. The topological polar surface area (TPSA) is 65.7 Å². The number of aromatic nitrogens is 2. The third-order valence-corrected chi connectivity index (χ3v) is 3.79. The minimum absolute atomic E-state index is 0.307. The Morgan fingerprint density at radius 3 is 2.26 bits per heavy atom. The molecule has 0 radical (unpaired) electrons. The molecular weight excluding hydrogens is 260 g/mol. The van der Waals surface area contributed by atoms with Gasteiger partial charge in [-0.1, -0.05) is 24.8 Å².